The number of nitrogens with zero attached hydrogens (tertiary/aromatic N) is 4. The number of thiazole rings is 1. The fourth-order valence-electron chi connectivity index (χ4n) is 3.03. The Morgan fingerprint density at radius 1 is 1.24 bits per heavy atom. The second kappa shape index (κ2) is 7.47. The van der Waals surface area contributed by atoms with E-state index in [0.717, 1.165) is 40.5 Å². The maximum absolute atomic E-state index is 11.8. The fraction of sp³-hybridized carbons (Fsp3) is 0.588. The monoisotopic (exact) mass is 380 g/mol. The summed E-state index contributed by atoms with van der Waals surface area (Å²) in [5, 5.41) is 1.12. The molecule has 1 fully saturated rings. The molecular weight excluding hydrogens is 356 g/mol. The van der Waals surface area contributed by atoms with Gasteiger partial charge in [-0.05, 0) is 18.8 Å². The van der Waals surface area contributed by atoms with E-state index in [1.165, 1.54) is 10.6 Å². The number of sulfonamides is 1. The minimum atomic E-state index is -3.15. The average molecular weight is 381 g/mol. The zero-order valence-electron chi connectivity index (χ0n) is 14.8. The van der Waals surface area contributed by atoms with Crippen LogP contribution in [0.15, 0.2) is 18.6 Å². The Bertz CT molecular complexity index is 815. The molecule has 8 heteroatoms. The molecule has 2 aromatic rings. The molecule has 1 aliphatic heterocycles. The zero-order chi connectivity index (χ0) is 18.0. The second-order valence-corrected chi connectivity index (χ2v) is 10.1. The van der Waals surface area contributed by atoms with E-state index in [0.29, 0.717) is 19.0 Å². The third-order valence-corrected chi connectivity index (χ3v) is 6.64. The van der Waals surface area contributed by atoms with Crippen LogP contribution < -0.4 is 0 Å². The first kappa shape index (κ1) is 18.4. The van der Waals surface area contributed by atoms with Gasteiger partial charge < -0.3 is 0 Å². The predicted molar refractivity (Wildman–Crippen MR) is 100 cm³/mol. The number of hydrogen-bond donors (Lipinski definition) is 0. The lowest BCUT2D eigenvalue weighted by Gasteiger charge is -2.30. The molecule has 0 aromatic carbocycles. The van der Waals surface area contributed by atoms with Gasteiger partial charge in [0.2, 0.25) is 10.0 Å². The maximum atomic E-state index is 11.8. The SMILES string of the molecule is CC(C)Cc1ncc(-c2cnc([C@@H]3CCCN(S(C)(=O)=O)C3)cn2)s1. The lowest BCUT2D eigenvalue weighted by molar-refractivity contribution is 0.314. The van der Waals surface area contributed by atoms with Crippen LogP contribution in [0.2, 0.25) is 0 Å². The number of aromatic nitrogens is 3. The third-order valence-electron chi connectivity index (χ3n) is 4.33. The molecule has 0 bridgehead atoms. The van der Waals surface area contributed by atoms with Crippen LogP contribution in [-0.2, 0) is 16.4 Å². The molecule has 0 radical (unpaired) electrons. The molecule has 25 heavy (non-hydrogen) atoms. The molecule has 1 aliphatic rings. The lowest BCUT2D eigenvalue weighted by Crippen LogP contribution is -2.38. The number of rotatable bonds is 5. The minimum Gasteiger partial charge on any atom is -0.257 e. The molecule has 3 rings (SSSR count). The molecule has 136 valence electrons. The first-order valence-corrected chi connectivity index (χ1v) is 11.2. The Balaban J connectivity index is 1.73. The Kier molecular flexibility index (Phi) is 5.50. The summed E-state index contributed by atoms with van der Waals surface area (Å²) in [4.78, 5) is 14.6. The van der Waals surface area contributed by atoms with Crippen molar-refractivity contribution in [2.75, 3.05) is 19.3 Å². The summed E-state index contributed by atoms with van der Waals surface area (Å²) >= 11 is 1.66. The average Bonchev–Trinajstić information content (AvgIpc) is 3.02. The highest BCUT2D eigenvalue weighted by atomic mass is 32.2. The molecule has 0 aliphatic carbocycles. The highest BCUT2D eigenvalue weighted by Gasteiger charge is 2.27. The van der Waals surface area contributed by atoms with Gasteiger partial charge in [-0.25, -0.2) is 17.7 Å². The van der Waals surface area contributed by atoms with Crippen molar-refractivity contribution in [2.24, 2.45) is 5.92 Å². The number of hydrogen-bond acceptors (Lipinski definition) is 6. The molecule has 0 saturated carbocycles. The Labute approximate surface area is 153 Å². The highest BCUT2D eigenvalue weighted by molar-refractivity contribution is 7.88. The summed E-state index contributed by atoms with van der Waals surface area (Å²) in [7, 11) is -3.15. The Hall–Kier alpha value is -1.38. The van der Waals surface area contributed by atoms with E-state index in [-0.39, 0.29) is 5.92 Å². The molecule has 2 aromatic heterocycles. The van der Waals surface area contributed by atoms with Crippen LogP contribution in [0.3, 0.4) is 0 Å². The smallest absolute Gasteiger partial charge is 0.211 e. The summed E-state index contributed by atoms with van der Waals surface area (Å²) in [6.45, 7) is 5.45. The van der Waals surface area contributed by atoms with E-state index in [9.17, 15) is 8.42 Å². The van der Waals surface area contributed by atoms with Crippen molar-refractivity contribution in [3.8, 4) is 10.6 Å². The normalized spacial score (nSPS) is 19.4. The van der Waals surface area contributed by atoms with Crippen molar-refractivity contribution in [1.29, 1.82) is 0 Å². The van der Waals surface area contributed by atoms with Gasteiger partial charge >= 0.3 is 0 Å². The van der Waals surface area contributed by atoms with Crippen molar-refractivity contribution >= 4 is 21.4 Å². The van der Waals surface area contributed by atoms with Gasteiger partial charge in [0.05, 0.1) is 28.0 Å². The quantitative estimate of drug-likeness (QED) is 0.797. The van der Waals surface area contributed by atoms with Gasteiger partial charge in [0, 0.05) is 37.8 Å². The van der Waals surface area contributed by atoms with E-state index >= 15 is 0 Å². The van der Waals surface area contributed by atoms with Crippen LogP contribution in [0.1, 0.15) is 43.3 Å². The summed E-state index contributed by atoms with van der Waals surface area (Å²) in [5.74, 6) is 0.694. The standard InChI is InChI=1S/C17H24N4O2S2/c1-12(2)7-17-20-10-16(24-17)15-9-18-14(8-19-15)13-5-4-6-21(11-13)25(3,22)23/h8-10,12-13H,4-7,11H2,1-3H3/t13-/m1/s1. The minimum absolute atomic E-state index is 0.114. The van der Waals surface area contributed by atoms with Crippen LogP contribution in [0.5, 0.6) is 0 Å². The zero-order valence-corrected chi connectivity index (χ0v) is 16.5. The van der Waals surface area contributed by atoms with E-state index in [1.54, 1.807) is 23.7 Å². The molecule has 0 spiro atoms. The van der Waals surface area contributed by atoms with Crippen molar-refractivity contribution in [2.45, 2.75) is 39.0 Å². The predicted octanol–water partition coefficient (Wildman–Crippen LogP) is 2.94. The van der Waals surface area contributed by atoms with Gasteiger partial charge in [0.25, 0.3) is 0 Å². The van der Waals surface area contributed by atoms with Crippen molar-refractivity contribution < 1.29 is 8.42 Å². The van der Waals surface area contributed by atoms with E-state index in [2.05, 4.69) is 28.8 Å². The van der Waals surface area contributed by atoms with E-state index in [1.807, 2.05) is 6.20 Å². The third kappa shape index (κ3) is 4.62. The summed E-state index contributed by atoms with van der Waals surface area (Å²) in [6, 6.07) is 0. The molecule has 0 N–H and O–H groups in total. The Morgan fingerprint density at radius 2 is 2.04 bits per heavy atom. The molecule has 6 nitrogen and oxygen atoms in total. The summed E-state index contributed by atoms with van der Waals surface area (Å²) < 4.78 is 25.1. The fourth-order valence-corrected chi connectivity index (χ4v) is 5.04. The lowest BCUT2D eigenvalue weighted by atomic mass is 9.96. The summed E-state index contributed by atoms with van der Waals surface area (Å²) in [6.07, 6.45) is 9.46. The van der Waals surface area contributed by atoms with Gasteiger partial charge in [0.1, 0.15) is 5.69 Å². The van der Waals surface area contributed by atoms with E-state index < -0.39 is 10.0 Å². The molecule has 3 heterocycles. The van der Waals surface area contributed by atoms with Crippen molar-refractivity contribution in [3.63, 3.8) is 0 Å². The van der Waals surface area contributed by atoms with Crippen LogP contribution in [0, 0.1) is 5.92 Å². The van der Waals surface area contributed by atoms with Gasteiger partial charge in [-0.1, -0.05) is 13.8 Å². The van der Waals surface area contributed by atoms with Crippen molar-refractivity contribution in [1.82, 2.24) is 19.3 Å². The van der Waals surface area contributed by atoms with Crippen LogP contribution in [0.25, 0.3) is 10.6 Å². The maximum Gasteiger partial charge on any atom is 0.211 e. The molecule has 1 atom stereocenters. The van der Waals surface area contributed by atoms with Gasteiger partial charge in [-0.2, -0.15) is 0 Å². The first-order valence-electron chi connectivity index (χ1n) is 8.55. The van der Waals surface area contributed by atoms with Crippen molar-refractivity contribution in [3.05, 3.63) is 29.3 Å². The van der Waals surface area contributed by atoms with Gasteiger partial charge in [0.15, 0.2) is 0 Å². The first-order chi connectivity index (χ1) is 11.8. The van der Waals surface area contributed by atoms with Crippen LogP contribution >= 0.6 is 11.3 Å². The largest absolute Gasteiger partial charge is 0.257 e. The van der Waals surface area contributed by atoms with Crippen LogP contribution in [-0.4, -0.2) is 47.0 Å². The second-order valence-electron chi connectivity index (χ2n) is 7.00. The molecule has 1 saturated heterocycles. The Morgan fingerprint density at radius 3 is 2.68 bits per heavy atom. The molecule has 0 unspecified atom stereocenters. The highest BCUT2D eigenvalue weighted by Crippen LogP contribution is 2.29. The number of piperidine rings is 1. The topological polar surface area (TPSA) is 76.1 Å². The van der Waals surface area contributed by atoms with E-state index in [4.69, 9.17) is 0 Å². The van der Waals surface area contributed by atoms with Crippen LogP contribution in [0.4, 0.5) is 0 Å². The molecular formula is C17H24N4O2S2. The molecule has 0 amide bonds. The van der Waals surface area contributed by atoms with Gasteiger partial charge in [-0.3, -0.25) is 9.97 Å². The van der Waals surface area contributed by atoms with Gasteiger partial charge in [-0.15, -0.1) is 11.3 Å². The summed E-state index contributed by atoms with van der Waals surface area (Å²) in [5.41, 5.74) is 1.69.